The molecule has 11 heavy (non-hydrogen) atoms. The van der Waals surface area contributed by atoms with Crippen molar-refractivity contribution < 1.29 is 50.5 Å². The summed E-state index contributed by atoms with van der Waals surface area (Å²) < 4.78 is 21.8. The summed E-state index contributed by atoms with van der Waals surface area (Å²) in [5.41, 5.74) is 0. The van der Waals surface area contributed by atoms with E-state index < -0.39 is 16.5 Å². The molecule has 0 heterocycles. The SMILES string of the molecule is ClCCl.O=[PH]([O-])O[PH](=O)[O-].[Cd+2]. The van der Waals surface area contributed by atoms with Crippen LogP contribution in [-0.4, -0.2) is 5.34 Å². The standard InChI is InChI=1S/CH2Cl2.Cd.H4O5P2/c2-1-3;;1-6(2)5-7(3)4/h1H2;;6-7H,(H,1,2)(H,3,4)/q;+2;/p-2. The van der Waals surface area contributed by atoms with E-state index in [-0.39, 0.29) is 32.6 Å². The maximum Gasteiger partial charge on any atom is 2.00 e. The predicted molar refractivity (Wildman–Crippen MR) is 35.7 cm³/mol. The maximum atomic E-state index is 9.29. The van der Waals surface area contributed by atoms with Crippen molar-refractivity contribution in [2.24, 2.45) is 0 Å². The average Bonchev–Trinajstić information content (AvgIpc) is 1.62. The average molecular weight is 341 g/mol. The Balaban J connectivity index is -0.000000140. The molecular formula is CH4CdCl2O5P2. The Labute approximate surface area is 95.1 Å². The topological polar surface area (TPSA) is 89.5 Å². The molecule has 0 radical (unpaired) electrons. The molecule has 2 atom stereocenters. The van der Waals surface area contributed by atoms with Gasteiger partial charge in [-0.1, -0.05) is 0 Å². The fourth-order valence-electron chi connectivity index (χ4n) is 0.0680. The van der Waals surface area contributed by atoms with Crippen molar-refractivity contribution in [3.63, 3.8) is 0 Å². The largest absolute Gasteiger partial charge is 2.00 e. The summed E-state index contributed by atoms with van der Waals surface area (Å²) in [7, 11) is -7.03. The second-order valence-electron chi connectivity index (χ2n) is 0.703. The third-order valence-electron chi connectivity index (χ3n) is 0.167. The van der Waals surface area contributed by atoms with Crippen LogP contribution < -0.4 is 9.79 Å². The van der Waals surface area contributed by atoms with E-state index >= 15 is 0 Å². The van der Waals surface area contributed by atoms with E-state index in [1.165, 1.54) is 0 Å². The second-order valence-corrected chi connectivity index (χ2v) is 3.33. The molecule has 0 spiro atoms. The van der Waals surface area contributed by atoms with Gasteiger partial charge in [0.15, 0.2) is 0 Å². The summed E-state index contributed by atoms with van der Waals surface area (Å²) in [6.07, 6.45) is 0. The first-order valence-electron chi connectivity index (χ1n) is 1.76. The van der Waals surface area contributed by atoms with Gasteiger partial charge in [-0.25, -0.2) is 0 Å². The van der Waals surface area contributed by atoms with Crippen LogP contribution in [0.4, 0.5) is 0 Å². The molecule has 0 saturated carbocycles. The summed E-state index contributed by atoms with van der Waals surface area (Å²) in [5, 5.41) is 0.194. The van der Waals surface area contributed by atoms with Gasteiger partial charge in [0.2, 0.25) is 0 Å². The van der Waals surface area contributed by atoms with E-state index in [9.17, 15) is 18.9 Å². The first kappa shape index (κ1) is 18.6. The molecule has 0 aliphatic heterocycles. The van der Waals surface area contributed by atoms with E-state index in [1.54, 1.807) is 0 Å². The molecule has 0 bridgehead atoms. The first-order valence-corrected chi connectivity index (χ1v) is 5.28. The zero-order chi connectivity index (χ0) is 8.57. The normalized spacial score (nSPS) is 13.5. The predicted octanol–water partition coefficient (Wildman–Crippen LogP) is -0.0780. The van der Waals surface area contributed by atoms with Crippen LogP contribution in [0.15, 0.2) is 0 Å². The molecule has 0 N–H and O–H groups in total. The molecule has 10 heteroatoms. The molecule has 0 aromatic heterocycles. The molecule has 0 amide bonds. The molecule has 0 aliphatic rings. The monoisotopic (exact) mass is 342 g/mol. The van der Waals surface area contributed by atoms with Crippen molar-refractivity contribution in [2.45, 2.75) is 0 Å². The molecule has 0 saturated heterocycles. The Morgan fingerprint density at radius 3 is 1.36 bits per heavy atom. The van der Waals surface area contributed by atoms with Crippen LogP contribution in [-0.2, 0) is 40.7 Å². The Morgan fingerprint density at radius 2 is 1.36 bits per heavy atom. The molecule has 64 valence electrons. The van der Waals surface area contributed by atoms with E-state index in [1.807, 2.05) is 0 Å². The van der Waals surface area contributed by atoms with Crippen molar-refractivity contribution in [3.05, 3.63) is 0 Å². The van der Waals surface area contributed by atoms with Crippen molar-refractivity contribution >= 4 is 39.7 Å². The number of hydrogen-bond acceptors (Lipinski definition) is 5. The van der Waals surface area contributed by atoms with E-state index in [0.29, 0.717) is 0 Å². The van der Waals surface area contributed by atoms with Crippen molar-refractivity contribution in [1.29, 1.82) is 0 Å². The van der Waals surface area contributed by atoms with Gasteiger partial charge in [-0.05, 0) is 0 Å². The number of rotatable bonds is 2. The third-order valence-corrected chi connectivity index (χ3v) is 1.50. The molecule has 0 rings (SSSR count). The summed E-state index contributed by atoms with van der Waals surface area (Å²) >= 11 is 9.53. The third kappa shape index (κ3) is 33.6. The number of halogens is 2. The van der Waals surface area contributed by atoms with E-state index in [4.69, 9.17) is 23.2 Å². The zero-order valence-electron chi connectivity index (χ0n) is 5.21. The van der Waals surface area contributed by atoms with Gasteiger partial charge in [0.05, 0.1) is 5.34 Å². The number of hydrogen-bond donors (Lipinski definition) is 0. The van der Waals surface area contributed by atoms with Gasteiger partial charge in [0.1, 0.15) is 16.5 Å². The maximum absolute atomic E-state index is 9.29. The Bertz CT molecular complexity index is 109. The molecular weight excluding hydrogens is 337 g/mol. The van der Waals surface area contributed by atoms with Gasteiger partial charge in [-0.15, -0.1) is 23.2 Å². The molecule has 0 aromatic rings. The summed E-state index contributed by atoms with van der Waals surface area (Å²) in [6, 6.07) is 0. The Morgan fingerprint density at radius 1 is 1.18 bits per heavy atom. The first-order chi connectivity index (χ1) is 4.54. The van der Waals surface area contributed by atoms with Crippen molar-refractivity contribution in [3.8, 4) is 0 Å². The van der Waals surface area contributed by atoms with Crippen molar-refractivity contribution in [1.82, 2.24) is 0 Å². The second kappa shape index (κ2) is 14.4. The molecule has 0 aliphatic carbocycles. The number of alkyl halides is 2. The smallest absolute Gasteiger partial charge is 0.781 e. The molecule has 0 aromatic carbocycles. The molecule has 5 nitrogen and oxygen atoms in total. The van der Waals surface area contributed by atoms with Gasteiger partial charge in [-0.2, -0.15) is 0 Å². The van der Waals surface area contributed by atoms with Gasteiger partial charge < -0.3 is 18.9 Å². The summed E-state index contributed by atoms with van der Waals surface area (Å²) in [4.78, 5) is 18.6. The van der Waals surface area contributed by atoms with Gasteiger partial charge in [0, 0.05) is 0 Å². The fourth-order valence-corrected chi connectivity index (χ4v) is 0.612. The van der Waals surface area contributed by atoms with Crippen LogP contribution in [0.3, 0.4) is 0 Å². The van der Waals surface area contributed by atoms with Gasteiger partial charge >= 0.3 is 27.3 Å². The van der Waals surface area contributed by atoms with E-state index in [2.05, 4.69) is 4.31 Å². The minimum atomic E-state index is -3.51. The summed E-state index contributed by atoms with van der Waals surface area (Å²) in [6.45, 7) is 0. The molecule has 2 unspecified atom stereocenters. The quantitative estimate of drug-likeness (QED) is 0.398. The van der Waals surface area contributed by atoms with Gasteiger partial charge in [-0.3, -0.25) is 4.31 Å². The van der Waals surface area contributed by atoms with Crippen molar-refractivity contribution in [2.75, 3.05) is 5.34 Å². The minimum absolute atomic E-state index is 0. The van der Waals surface area contributed by atoms with Crippen LogP contribution in [0.25, 0.3) is 0 Å². The minimum Gasteiger partial charge on any atom is -0.781 e. The van der Waals surface area contributed by atoms with Crippen LogP contribution in [0.5, 0.6) is 0 Å². The van der Waals surface area contributed by atoms with E-state index in [0.717, 1.165) is 0 Å². The van der Waals surface area contributed by atoms with Crippen LogP contribution >= 0.6 is 39.7 Å². The van der Waals surface area contributed by atoms with Crippen LogP contribution in [0.1, 0.15) is 0 Å². The summed E-state index contributed by atoms with van der Waals surface area (Å²) in [5.74, 6) is 0. The van der Waals surface area contributed by atoms with Gasteiger partial charge in [0.25, 0.3) is 0 Å². The van der Waals surface area contributed by atoms with Crippen LogP contribution in [0, 0.1) is 0 Å². The Kier molecular flexibility index (Phi) is 24.3. The van der Waals surface area contributed by atoms with Crippen LogP contribution in [0.2, 0.25) is 0 Å². The zero-order valence-corrected chi connectivity index (χ0v) is 12.8. The Hall–Kier alpha value is 1.84. The molecule has 0 fully saturated rings. The fraction of sp³-hybridized carbons (Fsp3) is 1.00.